The van der Waals surface area contributed by atoms with Gasteiger partial charge in [-0.2, -0.15) is 0 Å². The third-order valence-corrected chi connectivity index (χ3v) is 2.90. The third-order valence-electron chi connectivity index (χ3n) is 2.90. The van der Waals surface area contributed by atoms with E-state index in [1.807, 2.05) is 38.1 Å². The topological polar surface area (TPSA) is 46.5 Å². The Morgan fingerprint density at radius 3 is 2.42 bits per heavy atom. The second-order valence-corrected chi connectivity index (χ2v) is 4.31. The molecule has 2 rings (SSSR count). The van der Waals surface area contributed by atoms with Gasteiger partial charge in [0.05, 0.1) is 12.2 Å². The van der Waals surface area contributed by atoms with Crippen LogP contribution in [0.2, 0.25) is 0 Å². The summed E-state index contributed by atoms with van der Waals surface area (Å²) in [6.45, 7) is 4.39. The van der Waals surface area contributed by atoms with Crippen LogP contribution < -0.4 is 4.74 Å². The number of aromatic carboxylic acids is 1. The van der Waals surface area contributed by atoms with Crippen LogP contribution in [0.1, 0.15) is 22.8 Å². The van der Waals surface area contributed by atoms with E-state index in [0.717, 1.165) is 11.1 Å². The molecule has 3 nitrogen and oxygen atoms in total. The molecule has 2 aromatic carbocycles. The van der Waals surface area contributed by atoms with Crippen molar-refractivity contribution in [2.45, 2.75) is 13.8 Å². The molecule has 0 aromatic heterocycles. The van der Waals surface area contributed by atoms with Crippen molar-refractivity contribution in [1.82, 2.24) is 0 Å². The first-order valence-electron chi connectivity index (χ1n) is 6.19. The highest BCUT2D eigenvalue weighted by molar-refractivity contribution is 5.96. The summed E-state index contributed by atoms with van der Waals surface area (Å²) < 4.78 is 5.34. The van der Waals surface area contributed by atoms with E-state index in [2.05, 4.69) is 0 Å². The molecule has 98 valence electrons. The van der Waals surface area contributed by atoms with E-state index in [4.69, 9.17) is 4.74 Å². The maximum atomic E-state index is 11.4. The highest BCUT2D eigenvalue weighted by Gasteiger charge is 2.13. The van der Waals surface area contributed by atoms with Crippen molar-refractivity contribution in [2.24, 2.45) is 0 Å². The van der Waals surface area contributed by atoms with E-state index in [1.165, 1.54) is 0 Å². The van der Waals surface area contributed by atoms with Crippen molar-refractivity contribution >= 4 is 5.97 Å². The third kappa shape index (κ3) is 2.94. The zero-order valence-corrected chi connectivity index (χ0v) is 11.0. The Labute approximate surface area is 112 Å². The summed E-state index contributed by atoms with van der Waals surface area (Å²) in [7, 11) is 0. The number of carboxylic acids is 1. The largest absolute Gasteiger partial charge is 0.494 e. The normalized spacial score (nSPS) is 10.2. The smallest absolute Gasteiger partial charge is 0.336 e. The Morgan fingerprint density at radius 1 is 1.16 bits per heavy atom. The van der Waals surface area contributed by atoms with Gasteiger partial charge in [0.2, 0.25) is 0 Å². The van der Waals surface area contributed by atoms with Crippen molar-refractivity contribution in [3.8, 4) is 16.9 Å². The molecule has 0 atom stereocenters. The van der Waals surface area contributed by atoms with E-state index in [-0.39, 0.29) is 5.56 Å². The van der Waals surface area contributed by atoms with E-state index >= 15 is 0 Å². The number of benzene rings is 2. The summed E-state index contributed by atoms with van der Waals surface area (Å²) in [6.07, 6.45) is 0. The lowest BCUT2D eigenvalue weighted by molar-refractivity contribution is 0.0697. The zero-order chi connectivity index (χ0) is 13.8. The zero-order valence-electron chi connectivity index (χ0n) is 11.0. The summed E-state index contributed by atoms with van der Waals surface area (Å²) in [5.41, 5.74) is 3.00. The SMILES string of the molecule is CCOc1ccc(-c2ccc(C)cc2)c(C(=O)O)c1. The van der Waals surface area contributed by atoms with Gasteiger partial charge in [0.1, 0.15) is 5.75 Å². The van der Waals surface area contributed by atoms with E-state index < -0.39 is 5.97 Å². The number of ether oxygens (including phenoxy) is 1. The number of carboxylic acid groups (broad SMARTS) is 1. The molecule has 0 aliphatic carbocycles. The van der Waals surface area contributed by atoms with Gasteiger partial charge >= 0.3 is 5.97 Å². The number of hydrogen-bond acceptors (Lipinski definition) is 2. The molecule has 0 amide bonds. The van der Waals surface area contributed by atoms with E-state index in [9.17, 15) is 9.90 Å². The molecule has 3 heteroatoms. The Balaban J connectivity index is 2.50. The Hall–Kier alpha value is -2.29. The monoisotopic (exact) mass is 256 g/mol. The van der Waals surface area contributed by atoms with E-state index in [0.29, 0.717) is 17.9 Å². The first kappa shape index (κ1) is 13.1. The van der Waals surface area contributed by atoms with Crippen LogP contribution in [0.15, 0.2) is 42.5 Å². The van der Waals surface area contributed by atoms with Gasteiger partial charge in [0, 0.05) is 0 Å². The molecule has 0 radical (unpaired) electrons. The van der Waals surface area contributed by atoms with Gasteiger partial charge in [-0.15, -0.1) is 0 Å². The van der Waals surface area contributed by atoms with Gasteiger partial charge in [-0.25, -0.2) is 4.79 Å². The van der Waals surface area contributed by atoms with Crippen molar-refractivity contribution in [3.05, 3.63) is 53.6 Å². The lowest BCUT2D eigenvalue weighted by Gasteiger charge is -2.10. The molecule has 2 aromatic rings. The average molecular weight is 256 g/mol. The van der Waals surface area contributed by atoms with Crippen LogP contribution in [0.4, 0.5) is 0 Å². The van der Waals surface area contributed by atoms with Gasteiger partial charge in [-0.1, -0.05) is 29.8 Å². The van der Waals surface area contributed by atoms with Gasteiger partial charge in [-0.05, 0) is 43.2 Å². The number of rotatable bonds is 4. The van der Waals surface area contributed by atoms with Crippen LogP contribution in [0.3, 0.4) is 0 Å². The number of hydrogen-bond donors (Lipinski definition) is 1. The highest BCUT2D eigenvalue weighted by atomic mass is 16.5. The second-order valence-electron chi connectivity index (χ2n) is 4.31. The fourth-order valence-corrected chi connectivity index (χ4v) is 1.94. The Bertz CT molecular complexity index is 585. The van der Waals surface area contributed by atoms with Crippen LogP contribution in [-0.4, -0.2) is 17.7 Å². The summed E-state index contributed by atoms with van der Waals surface area (Å²) in [5, 5.41) is 9.32. The van der Waals surface area contributed by atoms with Gasteiger partial charge in [-0.3, -0.25) is 0 Å². The lowest BCUT2D eigenvalue weighted by atomic mass is 9.98. The molecule has 0 saturated carbocycles. The molecule has 0 bridgehead atoms. The van der Waals surface area contributed by atoms with Crippen molar-refractivity contribution < 1.29 is 14.6 Å². The summed E-state index contributed by atoms with van der Waals surface area (Å²) in [4.78, 5) is 11.4. The maximum absolute atomic E-state index is 11.4. The molecule has 0 heterocycles. The summed E-state index contributed by atoms with van der Waals surface area (Å²) in [5.74, 6) is -0.368. The Kier molecular flexibility index (Phi) is 3.85. The average Bonchev–Trinajstić information content (AvgIpc) is 2.40. The first-order valence-corrected chi connectivity index (χ1v) is 6.19. The molecule has 0 unspecified atom stereocenters. The number of carbonyl (C=O) groups is 1. The standard InChI is InChI=1S/C16H16O3/c1-3-19-13-8-9-14(15(10-13)16(17)18)12-6-4-11(2)5-7-12/h4-10H,3H2,1-2H3,(H,17,18). The molecular formula is C16H16O3. The lowest BCUT2D eigenvalue weighted by Crippen LogP contribution is -2.01. The molecule has 0 aliphatic heterocycles. The molecular weight excluding hydrogens is 240 g/mol. The van der Waals surface area contributed by atoms with E-state index in [1.54, 1.807) is 18.2 Å². The fourth-order valence-electron chi connectivity index (χ4n) is 1.94. The molecule has 19 heavy (non-hydrogen) atoms. The van der Waals surface area contributed by atoms with Gasteiger partial charge in [0.25, 0.3) is 0 Å². The van der Waals surface area contributed by atoms with Gasteiger partial charge < -0.3 is 9.84 Å². The summed E-state index contributed by atoms with van der Waals surface area (Å²) >= 11 is 0. The summed E-state index contributed by atoms with van der Waals surface area (Å²) in [6, 6.07) is 13.0. The minimum absolute atomic E-state index is 0.259. The molecule has 0 saturated heterocycles. The second kappa shape index (κ2) is 5.57. The predicted molar refractivity (Wildman–Crippen MR) is 74.7 cm³/mol. The highest BCUT2D eigenvalue weighted by Crippen LogP contribution is 2.27. The van der Waals surface area contributed by atoms with Crippen LogP contribution in [0.5, 0.6) is 5.75 Å². The van der Waals surface area contributed by atoms with Crippen LogP contribution in [0.25, 0.3) is 11.1 Å². The van der Waals surface area contributed by atoms with Gasteiger partial charge in [0.15, 0.2) is 0 Å². The predicted octanol–water partition coefficient (Wildman–Crippen LogP) is 3.76. The van der Waals surface area contributed by atoms with Crippen molar-refractivity contribution in [2.75, 3.05) is 6.61 Å². The van der Waals surface area contributed by atoms with Crippen LogP contribution in [-0.2, 0) is 0 Å². The first-order chi connectivity index (χ1) is 9.11. The quantitative estimate of drug-likeness (QED) is 0.906. The Morgan fingerprint density at radius 2 is 1.84 bits per heavy atom. The fraction of sp³-hybridized carbons (Fsp3) is 0.188. The molecule has 1 N–H and O–H groups in total. The maximum Gasteiger partial charge on any atom is 0.336 e. The van der Waals surface area contributed by atoms with Crippen LogP contribution >= 0.6 is 0 Å². The minimum atomic E-state index is -0.947. The molecule has 0 fully saturated rings. The molecule has 0 spiro atoms. The number of aryl methyl sites for hydroxylation is 1. The van der Waals surface area contributed by atoms with Crippen LogP contribution in [0, 0.1) is 6.92 Å². The van der Waals surface area contributed by atoms with Crippen molar-refractivity contribution in [3.63, 3.8) is 0 Å². The molecule has 0 aliphatic rings. The minimum Gasteiger partial charge on any atom is -0.494 e. The van der Waals surface area contributed by atoms with Crippen molar-refractivity contribution in [1.29, 1.82) is 0 Å².